The van der Waals surface area contributed by atoms with Crippen LogP contribution in [-0.4, -0.2) is 39.5 Å². The number of carbonyl (C=O) groups is 2. The average molecular weight is 319 g/mol. The Kier molecular flexibility index (Phi) is 4.82. The first kappa shape index (κ1) is 16.2. The van der Waals surface area contributed by atoms with Gasteiger partial charge in [0.1, 0.15) is 0 Å². The van der Waals surface area contributed by atoms with Crippen molar-refractivity contribution in [3.05, 3.63) is 23.5 Å². The molecule has 1 aromatic rings. The Bertz CT molecular complexity index is 590. The van der Waals surface area contributed by atoms with Gasteiger partial charge in [-0.25, -0.2) is 0 Å². The van der Waals surface area contributed by atoms with E-state index in [1.165, 1.54) is 25.7 Å². The fourth-order valence-electron chi connectivity index (χ4n) is 3.89. The molecule has 1 aliphatic heterocycles. The summed E-state index contributed by atoms with van der Waals surface area (Å²) >= 11 is 0. The van der Waals surface area contributed by atoms with Crippen LogP contribution in [0.1, 0.15) is 61.1 Å². The monoisotopic (exact) mass is 319 g/mol. The number of hydroxylamine groups is 1. The number of ketones is 1. The molecular formula is C17H25N3O3. The maximum absolute atomic E-state index is 12.6. The van der Waals surface area contributed by atoms with Gasteiger partial charge in [-0.05, 0) is 31.7 Å². The molecule has 1 saturated carbocycles. The van der Waals surface area contributed by atoms with Crippen LogP contribution in [0.3, 0.4) is 0 Å². The van der Waals surface area contributed by atoms with Crippen LogP contribution in [0.5, 0.6) is 0 Å². The van der Waals surface area contributed by atoms with Gasteiger partial charge in [0, 0.05) is 37.0 Å². The van der Waals surface area contributed by atoms with E-state index >= 15 is 0 Å². The predicted octanol–water partition coefficient (Wildman–Crippen LogP) is 2.13. The first-order valence-corrected chi connectivity index (χ1v) is 8.50. The molecule has 0 spiro atoms. The third-order valence-electron chi connectivity index (χ3n) is 5.23. The van der Waals surface area contributed by atoms with Crippen LogP contribution in [0.4, 0.5) is 0 Å². The maximum Gasteiger partial charge on any atom is 0.223 e. The van der Waals surface area contributed by atoms with Crippen LogP contribution in [-0.2, 0) is 11.3 Å². The molecule has 1 amide bonds. The number of nitrogens with zero attached hydrogens (tertiary/aromatic N) is 2. The van der Waals surface area contributed by atoms with Crippen LogP contribution < -0.4 is 5.48 Å². The van der Waals surface area contributed by atoms with E-state index in [2.05, 4.69) is 4.57 Å². The topological polar surface area (TPSA) is 74.6 Å². The van der Waals surface area contributed by atoms with Gasteiger partial charge in [-0.1, -0.05) is 12.8 Å². The lowest BCUT2D eigenvalue weighted by Crippen LogP contribution is -2.41. The number of aromatic nitrogens is 1. The molecule has 1 aliphatic carbocycles. The van der Waals surface area contributed by atoms with Crippen molar-refractivity contribution in [2.45, 2.75) is 51.6 Å². The van der Waals surface area contributed by atoms with Crippen molar-refractivity contribution < 1.29 is 14.8 Å². The van der Waals surface area contributed by atoms with Gasteiger partial charge in [-0.3, -0.25) is 9.59 Å². The molecule has 1 aromatic heterocycles. The summed E-state index contributed by atoms with van der Waals surface area (Å²) in [5.74, 6) is 0.642. The van der Waals surface area contributed by atoms with E-state index in [9.17, 15) is 9.59 Å². The Labute approximate surface area is 136 Å². The summed E-state index contributed by atoms with van der Waals surface area (Å²) in [6.45, 7) is 3.34. The fourth-order valence-corrected chi connectivity index (χ4v) is 3.89. The van der Waals surface area contributed by atoms with Crippen molar-refractivity contribution >= 4 is 11.7 Å². The second kappa shape index (κ2) is 6.84. The standard InChI is InChI=1S/C17H25N3O3/c1-12-15-9-14(16(21)10-18-23)11-19(15)6-7-20(12)17(22)8-13-4-2-3-5-13/h9,11-13,18,23H,2-8,10H2,1H3. The molecule has 23 heavy (non-hydrogen) atoms. The Morgan fingerprint density at radius 2 is 2.04 bits per heavy atom. The lowest BCUT2D eigenvalue weighted by molar-refractivity contribution is -0.135. The number of amides is 1. The molecule has 0 radical (unpaired) electrons. The summed E-state index contributed by atoms with van der Waals surface area (Å²) in [7, 11) is 0. The van der Waals surface area contributed by atoms with Gasteiger partial charge in [-0.2, -0.15) is 5.48 Å². The van der Waals surface area contributed by atoms with E-state index in [1.54, 1.807) is 0 Å². The SMILES string of the molecule is CC1c2cc(C(=O)CNO)cn2CCN1C(=O)CC1CCCC1. The number of Topliss-reactive ketones (excluding diaryl/α,β-unsaturated/α-hetero) is 1. The molecule has 126 valence electrons. The minimum atomic E-state index is -0.148. The summed E-state index contributed by atoms with van der Waals surface area (Å²) in [6, 6.07) is 1.83. The van der Waals surface area contributed by atoms with Crippen molar-refractivity contribution in [3.63, 3.8) is 0 Å². The van der Waals surface area contributed by atoms with Crippen LogP contribution in [0.15, 0.2) is 12.3 Å². The number of rotatable bonds is 5. The summed E-state index contributed by atoms with van der Waals surface area (Å²) in [6.07, 6.45) is 7.34. The zero-order valence-electron chi connectivity index (χ0n) is 13.6. The number of carbonyl (C=O) groups excluding carboxylic acids is 2. The molecular weight excluding hydrogens is 294 g/mol. The Hall–Kier alpha value is -1.66. The van der Waals surface area contributed by atoms with Crippen molar-refractivity contribution in [1.29, 1.82) is 0 Å². The zero-order valence-corrected chi connectivity index (χ0v) is 13.6. The molecule has 0 aromatic carbocycles. The van der Waals surface area contributed by atoms with E-state index < -0.39 is 0 Å². The predicted molar refractivity (Wildman–Crippen MR) is 85.3 cm³/mol. The summed E-state index contributed by atoms with van der Waals surface area (Å²) < 4.78 is 2.05. The van der Waals surface area contributed by atoms with Crippen LogP contribution in [0.25, 0.3) is 0 Å². The highest BCUT2D eigenvalue weighted by Gasteiger charge is 2.30. The van der Waals surface area contributed by atoms with Crippen LogP contribution in [0, 0.1) is 5.92 Å². The number of nitrogens with one attached hydrogen (secondary N) is 1. The second-order valence-corrected chi connectivity index (χ2v) is 6.72. The van der Waals surface area contributed by atoms with Gasteiger partial charge in [0.15, 0.2) is 5.78 Å². The van der Waals surface area contributed by atoms with Gasteiger partial charge in [-0.15, -0.1) is 0 Å². The molecule has 2 N–H and O–H groups in total. The minimum Gasteiger partial charge on any atom is -0.347 e. The van der Waals surface area contributed by atoms with E-state index in [0.29, 0.717) is 24.4 Å². The van der Waals surface area contributed by atoms with Crippen molar-refractivity contribution in [2.75, 3.05) is 13.1 Å². The normalized spacial score (nSPS) is 21.5. The van der Waals surface area contributed by atoms with Crippen molar-refractivity contribution in [3.8, 4) is 0 Å². The molecule has 6 nitrogen and oxygen atoms in total. The van der Waals surface area contributed by atoms with Gasteiger partial charge in [0.05, 0.1) is 12.6 Å². The van der Waals surface area contributed by atoms with E-state index in [4.69, 9.17) is 5.21 Å². The van der Waals surface area contributed by atoms with Crippen molar-refractivity contribution in [2.24, 2.45) is 5.92 Å². The van der Waals surface area contributed by atoms with E-state index in [0.717, 1.165) is 12.2 Å². The average Bonchev–Trinajstić information content (AvgIpc) is 3.17. The third kappa shape index (κ3) is 3.33. The lowest BCUT2D eigenvalue weighted by atomic mass is 10.0. The number of hydrogen-bond donors (Lipinski definition) is 2. The molecule has 6 heteroatoms. The summed E-state index contributed by atoms with van der Waals surface area (Å²) in [5.41, 5.74) is 3.48. The van der Waals surface area contributed by atoms with Crippen LogP contribution in [0.2, 0.25) is 0 Å². The zero-order chi connectivity index (χ0) is 16.4. The molecule has 2 heterocycles. The highest BCUT2D eigenvalue weighted by molar-refractivity contribution is 5.97. The van der Waals surface area contributed by atoms with Crippen molar-refractivity contribution in [1.82, 2.24) is 14.9 Å². The molecule has 0 saturated heterocycles. The highest BCUT2D eigenvalue weighted by Crippen LogP contribution is 2.32. The smallest absolute Gasteiger partial charge is 0.223 e. The summed E-state index contributed by atoms with van der Waals surface area (Å²) in [5, 5.41) is 8.67. The third-order valence-corrected chi connectivity index (χ3v) is 5.23. The van der Waals surface area contributed by atoms with Gasteiger partial charge >= 0.3 is 0 Å². The van der Waals surface area contributed by atoms with Gasteiger partial charge in [0.25, 0.3) is 0 Å². The minimum absolute atomic E-state index is 0.0127. The molecule has 0 bridgehead atoms. The van der Waals surface area contributed by atoms with Gasteiger partial charge in [0.2, 0.25) is 5.91 Å². The molecule has 1 fully saturated rings. The van der Waals surface area contributed by atoms with Crippen LogP contribution >= 0.6 is 0 Å². The van der Waals surface area contributed by atoms with Gasteiger partial charge < -0.3 is 14.7 Å². The maximum atomic E-state index is 12.6. The molecule has 2 aliphatic rings. The van der Waals surface area contributed by atoms with E-state index in [1.807, 2.05) is 29.6 Å². The lowest BCUT2D eigenvalue weighted by Gasteiger charge is -2.35. The Morgan fingerprint density at radius 1 is 1.30 bits per heavy atom. The Morgan fingerprint density at radius 3 is 2.74 bits per heavy atom. The number of fused-ring (bicyclic) bond motifs is 1. The Balaban J connectivity index is 1.70. The quantitative estimate of drug-likeness (QED) is 0.644. The highest BCUT2D eigenvalue weighted by atomic mass is 16.5. The number of hydrogen-bond acceptors (Lipinski definition) is 4. The summed E-state index contributed by atoms with van der Waals surface area (Å²) in [4.78, 5) is 26.5. The molecule has 3 rings (SSSR count). The van der Waals surface area contributed by atoms with E-state index in [-0.39, 0.29) is 24.3 Å². The molecule has 1 unspecified atom stereocenters. The largest absolute Gasteiger partial charge is 0.347 e. The molecule has 1 atom stereocenters. The first-order chi connectivity index (χ1) is 11.1. The fraction of sp³-hybridized carbons (Fsp3) is 0.647. The second-order valence-electron chi connectivity index (χ2n) is 6.72. The first-order valence-electron chi connectivity index (χ1n) is 8.50.